The molecule has 0 spiro atoms. The first kappa shape index (κ1) is 50.7. The molecule has 8 heteroatoms. The van der Waals surface area contributed by atoms with Gasteiger partial charge in [0.15, 0.2) is 0 Å². The number of hydrogen-bond donors (Lipinski definition) is 0. The van der Waals surface area contributed by atoms with Crippen LogP contribution in [0, 0.1) is 0 Å². The van der Waals surface area contributed by atoms with Gasteiger partial charge in [-0.2, -0.15) is 0 Å². The van der Waals surface area contributed by atoms with Crippen LogP contribution in [-0.4, -0.2) is 54.0 Å². The van der Waals surface area contributed by atoms with Gasteiger partial charge in [-0.15, -0.1) is 36.6 Å². The molecule has 0 aromatic heterocycles. The minimum absolute atomic E-state index is 0. The fourth-order valence-corrected chi connectivity index (χ4v) is 0. The Hall–Kier alpha value is 1.40. The van der Waals surface area contributed by atoms with E-state index in [0.29, 0.717) is 0 Å². The van der Waals surface area contributed by atoms with Crippen molar-refractivity contribution in [3.63, 3.8) is 0 Å². The summed E-state index contributed by atoms with van der Waals surface area (Å²) in [6, 6.07) is 0. The third-order valence-electron chi connectivity index (χ3n) is 0. The van der Waals surface area contributed by atoms with E-state index in [4.69, 9.17) is 0 Å². The van der Waals surface area contributed by atoms with E-state index in [0.717, 1.165) is 0 Å². The van der Waals surface area contributed by atoms with E-state index in [1.165, 1.54) is 0 Å². The van der Waals surface area contributed by atoms with E-state index in [2.05, 4.69) is 0 Å². The number of rotatable bonds is 0. The van der Waals surface area contributed by atoms with Gasteiger partial charge in [-0.05, 0) is 0 Å². The van der Waals surface area contributed by atoms with Gasteiger partial charge < -0.3 is 30.6 Å². The molecule has 0 aromatic rings. The van der Waals surface area contributed by atoms with Crippen LogP contribution in [0.25, 0.3) is 0 Å². The van der Waals surface area contributed by atoms with Gasteiger partial charge in [0.25, 0.3) is 0 Å². The van der Waals surface area contributed by atoms with Gasteiger partial charge in [-0.1, -0.05) is 83.1 Å². The Labute approximate surface area is 199 Å². The van der Waals surface area contributed by atoms with Crippen molar-refractivity contribution in [2.45, 2.75) is 120 Å². The third kappa shape index (κ3) is 7750. The van der Waals surface area contributed by atoms with Crippen LogP contribution >= 0.6 is 0 Å². The van der Waals surface area contributed by atoms with Crippen molar-refractivity contribution in [2.75, 3.05) is 0 Å². The number of hydrogen-bond acceptors (Lipinski definition) is 6. The molecule has 0 N–H and O–H groups in total. The SMILES string of the molecule is CC(C)[O-].CC(C)[O-].CC(C)[O-].CC(C)[O-].CC(C)[O-].CC(C)[O-].[Al+3].[Y+3]. The molecule has 0 saturated carbocycles. The van der Waals surface area contributed by atoms with Crippen molar-refractivity contribution in [3.8, 4) is 0 Å². The third-order valence-corrected chi connectivity index (χ3v) is 0. The summed E-state index contributed by atoms with van der Waals surface area (Å²) < 4.78 is 0. The summed E-state index contributed by atoms with van der Waals surface area (Å²) in [4.78, 5) is 0. The maximum Gasteiger partial charge on any atom is 3.00 e. The molecular weight excluding hydrogens is 428 g/mol. The summed E-state index contributed by atoms with van der Waals surface area (Å²) in [7, 11) is 0. The molecule has 0 aromatic carbocycles. The van der Waals surface area contributed by atoms with Crippen LogP contribution in [0.15, 0.2) is 0 Å². The van der Waals surface area contributed by atoms with E-state index >= 15 is 0 Å². The van der Waals surface area contributed by atoms with Crippen molar-refractivity contribution >= 4 is 17.4 Å². The molecule has 0 aliphatic rings. The second-order valence-corrected chi connectivity index (χ2v) is 6.29. The van der Waals surface area contributed by atoms with E-state index < -0.39 is 36.6 Å². The second-order valence-electron chi connectivity index (χ2n) is 6.29. The standard InChI is InChI=1S/6C3H7O.Al.Y/c6*1-3(2)4;;/h6*3H,1-2H3;;/q6*-1;2*+3. The van der Waals surface area contributed by atoms with E-state index in [-0.39, 0.29) is 50.1 Å². The Morgan fingerprint density at radius 2 is 0.308 bits per heavy atom. The fourth-order valence-electron chi connectivity index (χ4n) is 0. The zero-order valence-electron chi connectivity index (χ0n) is 19.1. The molecule has 0 bridgehead atoms. The first-order valence-electron chi connectivity index (χ1n) is 8.34. The minimum atomic E-state index is -0.417. The first-order valence-corrected chi connectivity index (χ1v) is 8.34. The monoisotopic (exact) mass is 470 g/mol. The molecule has 0 atom stereocenters. The fraction of sp³-hybridized carbons (Fsp3) is 1.00. The summed E-state index contributed by atoms with van der Waals surface area (Å²) in [6.45, 7) is 19.3. The average Bonchev–Trinajstić information content (AvgIpc) is 2.08. The molecule has 0 rings (SSSR count). The van der Waals surface area contributed by atoms with Crippen LogP contribution in [0.5, 0.6) is 0 Å². The normalized spacial score (nSPS) is 8.31. The summed E-state index contributed by atoms with van der Waals surface area (Å²) >= 11 is 0. The molecule has 0 aliphatic carbocycles. The van der Waals surface area contributed by atoms with Gasteiger partial charge in [0.2, 0.25) is 0 Å². The Morgan fingerprint density at radius 3 is 0.308 bits per heavy atom. The zero-order valence-corrected chi connectivity index (χ0v) is 23.1. The smallest absolute Gasteiger partial charge is 0.852 e. The molecular formula is C18H42AlO6Y. The molecule has 0 amide bonds. The Kier molecular flexibility index (Phi) is 88.3. The van der Waals surface area contributed by atoms with Crippen molar-refractivity contribution in [2.24, 2.45) is 0 Å². The van der Waals surface area contributed by atoms with E-state index in [1.54, 1.807) is 83.1 Å². The quantitative estimate of drug-likeness (QED) is 0.381. The van der Waals surface area contributed by atoms with Crippen LogP contribution in [0.3, 0.4) is 0 Å². The Balaban J connectivity index is -0.0000000245. The average molecular weight is 470 g/mol. The predicted molar refractivity (Wildman–Crippen MR) is 96.6 cm³/mol. The van der Waals surface area contributed by atoms with E-state index in [1.807, 2.05) is 0 Å². The summed E-state index contributed by atoms with van der Waals surface area (Å²) in [6.07, 6.45) is -2.50. The predicted octanol–water partition coefficient (Wildman–Crippen LogP) is -1.85. The summed E-state index contributed by atoms with van der Waals surface area (Å²) in [5.74, 6) is 0. The first-order chi connectivity index (χ1) is 10.4. The molecule has 0 radical (unpaired) electrons. The van der Waals surface area contributed by atoms with Gasteiger partial charge in [0, 0.05) is 0 Å². The van der Waals surface area contributed by atoms with Crippen LogP contribution in [0.4, 0.5) is 0 Å². The van der Waals surface area contributed by atoms with Gasteiger partial charge in [0.1, 0.15) is 0 Å². The van der Waals surface area contributed by atoms with E-state index in [9.17, 15) is 30.6 Å². The Bertz CT molecular complexity index is 107. The molecule has 156 valence electrons. The second kappa shape index (κ2) is 45.3. The zero-order chi connectivity index (χ0) is 21.5. The molecule has 6 nitrogen and oxygen atoms in total. The van der Waals surface area contributed by atoms with Crippen LogP contribution in [-0.2, 0) is 32.7 Å². The topological polar surface area (TPSA) is 138 Å². The van der Waals surface area contributed by atoms with Gasteiger partial charge in [0.05, 0.1) is 0 Å². The molecule has 0 heterocycles. The van der Waals surface area contributed by atoms with Crippen LogP contribution in [0.1, 0.15) is 83.1 Å². The molecule has 26 heavy (non-hydrogen) atoms. The maximum absolute atomic E-state index is 9.53. The minimum Gasteiger partial charge on any atom is -0.852 e. The summed E-state index contributed by atoms with van der Waals surface area (Å²) in [5.41, 5.74) is 0. The molecule has 0 aliphatic heterocycles. The van der Waals surface area contributed by atoms with Crippen molar-refractivity contribution in [1.82, 2.24) is 0 Å². The van der Waals surface area contributed by atoms with Gasteiger partial charge >= 0.3 is 50.1 Å². The molecule has 0 fully saturated rings. The van der Waals surface area contributed by atoms with Crippen molar-refractivity contribution in [3.05, 3.63) is 0 Å². The van der Waals surface area contributed by atoms with Crippen LogP contribution in [0.2, 0.25) is 0 Å². The van der Waals surface area contributed by atoms with Crippen molar-refractivity contribution in [1.29, 1.82) is 0 Å². The van der Waals surface area contributed by atoms with Crippen LogP contribution < -0.4 is 30.6 Å². The summed E-state index contributed by atoms with van der Waals surface area (Å²) in [5, 5.41) is 57.2. The maximum atomic E-state index is 9.53. The largest absolute Gasteiger partial charge is 3.00 e. The Morgan fingerprint density at radius 1 is 0.308 bits per heavy atom. The van der Waals surface area contributed by atoms with Crippen molar-refractivity contribution < 1.29 is 63.3 Å². The van der Waals surface area contributed by atoms with Gasteiger partial charge in [-0.3, -0.25) is 0 Å². The van der Waals surface area contributed by atoms with Gasteiger partial charge in [-0.25, -0.2) is 0 Å². The molecule has 0 saturated heterocycles. The molecule has 0 unspecified atom stereocenters.